The van der Waals surface area contributed by atoms with Gasteiger partial charge in [0.2, 0.25) is 35.4 Å². The largest absolute Gasteiger partial charge is 0.481 e. The number of carbonyl (C=O) groups excluding carboxylic acids is 6. The Morgan fingerprint density at radius 2 is 1.25 bits per heavy atom. The van der Waals surface area contributed by atoms with Crippen LogP contribution in [0, 0.1) is 18.8 Å². The summed E-state index contributed by atoms with van der Waals surface area (Å²) in [6, 6.07) is 0.396. The zero-order chi connectivity index (χ0) is 39.0. The molecule has 5 atom stereocenters. The average Bonchev–Trinajstić information content (AvgIpc) is 3.05. The lowest BCUT2D eigenvalue weighted by atomic mass is 9.84. The Morgan fingerprint density at radius 1 is 0.731 bits per heavy atom. The van der Waals surface area contributed by atoms with Gasteiger partial charge in [0.05, 0.1) is 6.42 Å². The predicted molar refractivity (Wildman–Crippen MR) is 189 cm³/mol. The summed E-state index contributed by atoms with van der Waals surface area (Å²) in [5.41, 5.74) is 6.87. The van der Waals surface area contributed by atoms with E-state index < -0.39 is 84.0 Å². The van der Waals surface area contributed by atoms with Crippen LogP contribution in [0.25, 0.3) is 0 Å². The molecule has 16 heteroatoms. The molecule has 0 saturated heterocycles. The van der Waals surface area contributed by atoms with Gasteiger partial charge in [-0.25, -0.2) is 4.79 Å². The van der Waals surface area contributed by atoms with E-state index in [2.05, 4.69) is 26.6 Å². The molecular formula is C36H54N6O10. The van der Waals surface area contributed by atoms with Crippen LogP contribution in [0.15, 0.2) is 24.3 Å². The number of aliphatic carboxylic acids is 2. The molecule has 1 saturated carbocycles. The van der Waals surface area contributed by atoms with Crippen molar-refractivity contribution in [1.82, 2.24) is 26.6 Å². The van der Waals surface area contributed by atoms with Gasteiger partial charge in [0.1, 0.15) is 30.2 Å². The number of aryl methyl sites for hydroxylation is 1. The van der Waals surface area contributed by atoms with Crippen molar-refractivity contribution in [1.29, 1.82) is 0 Å². The van der Waals surface area contributed by atoms with Crippen molar-refractivity contribution in [2.75, 3.05) is 0 Å². The monoisotopic (exact) mass is 730 g/mol. The van der Waals surface area contributed by atoms with Crippen LogP contribution >= 0.6 is 0 Å². The number of amides is 6. The van der Waals surface area contributed by atoms with Crippen LogP contribution in [0.5, 0.6) is 0 Å². The Labute approximate surface area is 303 Å². The molecule has 288 valence electrons. The normalized spacial score (nSPS) is 15.9. The Morgan fingerprint density at radius 3 is 1.79 bits per heavy atom. The molecule has 6 amide bonds. The van der Waals surface area contributed by atoms with E-state index in [1.807, 2.05) is 19.1 Å². The molecule has 16 nitrogen and oxygen atoms in total. The molecule has 52 heavy (non-hydrogen) atoms. The van der Waals surface area contributed by atoms with E-state index in [4.69, 9.17) is 5.73 Å². The van der Waals surface area contributed by atoms with Gasteiger partial charge >= 0.3 is 11.9 Å². The minimum absolute atomic E-state index is 0.0270. The minimum atomic E-state index is -1.68. The smallest absolute Gasteiger partial charge is 0.326 e. The van der Waals surface area contributed by atoms with Gasteiger partial charge in [-0.1, -0.05) is 75.8 Å². The van der Waals surface area contributed by atoms with Gasteiger partial charge in [-0.3, -0.25) is 33.6 Å². The van der Waals surface area contributed by atoms with Gasteiger partial charge in [-0.15, -0.1) is 0 Å². The molecule has 1 aromatic rings. The quantitative estimate of drug-likeness (QED) is 0.0883. The van der Waals surface area contributed by atoms with Gasteiger partial charge < -0.3 is 42.5 Å². The molecule has 1 aromatic carbocycles. The molecule has 1 aliphatic rings. The molecule has 1 fully saturated rings. The third-order valence-corrected chi connectivity index (χ3v) is 8.83. The SMILES string of the molecule is CC(=O)NC(CCC(N)=O)C(=O)N[C@@H](CC1CCCCC1)C(=O)NC(CC(=O)O)C(=O)N[C@@H](CC(C)C)C(=O)NC(Cc1ccc(C)cc1)C(=O)O. The lowest BCUT2D eigenvalue weighted by Crippen LogP contribution is -2.59. The predicted octanol–water partition coefficient (Wildman–Crippen LogP) is 0.823. The molecule has 0 spiro atoms. The summed E-state index contributed by atoms with van der Waals surface area (Å²) in [6.07, 6.45) is 3.40. The van der Waals surface area contributed by atoms with Crippen molar-refractivity contribution in [3.63, 3.8) is 0 Å². The summed E-state index contributed by atoms with van der Waals surface area (Å²) in [6.45, 7) is 6.62. The van der Waals surface area contributed by atoms with Crippen molar-refractivity contribution in [2.24, 2.45) is 17.6 Å². The van der Waals surface area contributed by atoms with E-state index in [0.29, 0.717) is 5.56 Å². The molecule has 2 rings (SSSR count). The topological polar surface area (TPSA) is 263 Å². The first-order chi connectivity index (χ1) is 24.4. The molecule has 1 aliphatic carbocycles. The highest BCUT2D eigenvalue weighted by molar-refractivity contribution is 5.97. The number of carboxylic acids is 2. The second-order valence-corrected chi connectivity index (χ2v) is 14.0. The molecule has 0 radical (unpaired) electrons. The van der Waals surface area contributed by atoms with Crippen LogP contribution in [-0.2, 0) is 44.8 Å². The minimum Gasteiger partial charge on any atom is -0.481 e. The van der Waals surface area contributed by atoms with Crippen LogP contribution in [0.3, 0.4) is 0 Å². The van der Waals surface area contributed by atoms with Crippen LogP contribution in [0.2, 0.25) is 0 Å². The molecule has 0 heterocycles. The lowest BCUT2D eigenvalue weighted by Gasteiger charge is -2.29. The molecule has 0 aromatic heterocycles. The zero-order valence-corrected chi connectivity index (χ0v) is 30.4. The Bertz CT molecular complexity index is 1430. The highest BCUT2D eigenvalue weighted by Crippen LogP contribution is 2.27. The summed E-state index contributed by atoms with van der Waals surface area (Å²) >= 11 is 0. The van der Waals surface area contributed by atoms with Gasteiger partial charge in [0, 0.05) is 19.8 Å². The van der Waals surface area contributed by atoms with Crippen LogP contribution in [-0.4, -0.2) is 87.8 Å². The summed E-state index contributed by atoms with van der Waals surface area (Å²) in [4.78, 5) is 101. The number of rotatable bonds is 21. The highest BCUT2D eigenvalue weighted by Gasteiger charge is 2.35. The van der Waals surface area contributed by atoms with Crippen LogP contribution < -0.4 is 32.3 Å². The van der Waals surface area contributed by atoms with Crippen molar-refractivity contribution in [2.45, 2.75) is 129 Å². The Balaban J connectivity index is 2.29. The number of carbonyl (C=O) groups is 8. The fraction of sp³-hybridized carbons (Fsp3) is 0.611. The molecule has 9 N–H and O–H groups in total. The van der Waals surface area contributed by atoms with E-state index >= 15 is 0 Å². The summed E-state index contributed by atoms with van der Waals surface area (Å²) in [5, 5.41) is 32.0. The fourth-order valence-electron chi connectivity index (χ4n) is 6.12. The standard InChI is InChI=1S/C36H54N6O10/c1-20(2)16-26(33(48)42-29(36(51)52)18-24-12-10-21(3)11-13-24)39-35(50)28(19-31(45)46)41-34(49)27(17-23-8-6-5-7-9-23)40-32(47)25(38-22(4)43)14-15-30(37)44/h10-13,20,23,25-29H,5-9,14-19H2,1-4H3,(H2,37,44)(H,38,43)(H,39,50)(H,40,47)(H,41,49)(H,42,48)(H,45,46)(H,51,52)/t25?,26-,27-,28?,29?/m0/s1. The molecular weight excluding hydrogens is 676 g/mol. The molecule has 3 unspecified atom stereocenters. The van der Waals surface area contributed by atoms with E-state index in [1.165, 1.54) is 6.92 Å². The van der Waals surface area contributed by atoms with Gasteiger partial charge in [-0.2, -0.15) is 0 Å². The maximum absolute atomic E-state index is 13.8. The average molecular weight is 731 g/mol. The lowest BCUT2D eigenvalue weighted by molar-refractivity contribution is -0.143. The summed E-state index contributed by atoms with van der Waals surface area (Å²) in [5.74, 6) is -7.53. The van der Waals surface area contributed by atoms with Crippen LogP contribution in [0.1, 0.15) is 96.1 Å². The number of primary amides is 1. The number of carboxylic acid groups (broad SMARTS) is 2. The first-order valence-corrected chi connectivity index (χ1v) is 17.7. The van der Waals surface area contributed by atoms with Crippen molar-refractivity contribution < 1.29 is 48.6 Å². The Hall–Kier alpha value is -5.02. The number of hydrogen-bond acceptors (Lipinski definition) is 8. The van der Waals surface area contributed by atoms with Gasteiger partial charge in [-0.05, 0) is 43.6 Å². The van der Waals surface area contributed by atoms with Gasteiger partial charge in [0.25, 0.3) is 0 Å². The third-order valence-electron chi connectivity index (χ3n) is 8.83. The molecule has 0 bridgehead atoms. The number of benzene rings is 1. The maximum Gasteiger partial charge on any atom is 0.326 e. The first-order valence-electron chi connectivity index (χ1n) is 17.7. The zero-order valence-electron chi connectivity index (χ0n) is 30.4. The number of hydrogen-bond donors (Lipinski definition) is 8. The highest BCUT2D eigenvalue weighted by atomic mass is 16.4. The van der Waals surface area contributed by atoms with E-state index in [9.17, 15) is 48.6 Å². The van der Waals surface area contributed by atoms with E-state index in [-0.39, 0.29) is 43.9 Å². The molecule has 0 aliphatic heterocycles. The van der Waals surface area contributed by atoms with Crippen molar-refractivity contribution >= 4 is 47.4 Å². The van der Waals surface area contributed by atoms with E-state index in [1.54, 1.807) is 26.0 Å². The Kier molecular flexibility index (Phi) is 17.7. The summed E-state index contributed by atoms with van der Waals surface area (Å²) in [7, 11) is 0. The first kappa shape index (κ1) is 43.1. The fourth-order valence-corrected chi connectivity index (χ4v) is 6.12. The van der Waals surface area contributed by atoms with Crippen molar-refractivity contribution in [3.8, 4) is 0 Å². The van der Waals surface area contributed by atoms with Crippen LogP contribution in [0.4, 0.5) is 0 Å². The summed E-state index contributed by atoms with van der Waals surface area (Å²) < 4.78 is 0. The third kappa shape index (κ3) is 15.9. The number of nitrogens with two attached hydrogens (primary N) is 1. The van der Waals surface area contributed by atoms with Crippen molar-refractivity contribution in [3.05, 3.63) is 35.4 Å². The van der Waals surface area contributed by atoms with E-state index in [0.717, 1.165) is 37.7 Å². The maximum atomic E-state index is 13.8. The number of nitrogens with one attached hydrogen (secondary N) is 5. The second kappa shape index (κ2) is 21.4. The van der Waals surface area contributed by atoms with Gasteiger partial charge in [0.15, 0.2) is 0 Å². The second-order valence-electron chi connectivity index (χ2n) is 14.0.